The van der Waals surface area contributed by atoms with Crippen LogP contribution in [0.25, 0.3) is 0 Å². The normalized spacial score (nSPS) is 19.7. The molecule has 0 aromatic heterocycles. The summed E-state index contributed by atoms with van der Waals surface area (Å²) in [6.45, 7) is 0.684. The summed E-state index contributed by atoms with van der Waals surface area (Å²) in [6, 6.07) is -0.542. The Labute approximate surface area is 113 Å². The van der Waals surface area contributed by atoms with Gasteiger partial charge < -0.3 is 11.1 Å². The van der Waals surface area contributed by atoms with E-state index in [-0.39, 0.29) is 17.7 Å². The number of unbranched alkanes of at least 4 members (excludes halogenated alkanes) is 3. The molecule has 6 heteroatoms. The van der Waals surface area contributed by atoms with Gasteiger partial charge in [-0.1, -0.05) is 12.8 Å². The van der Waals surface area contributed by atoms with Crippen molar-refractivity contribution in [3.63, 3.8) is 0 Å². The van der Waals surface area contributed by atoms with Crippen LogP contribution in [0.2, 0.25) is 0 Å². The van der Waals surface area contributed by atoms with E-state index in [4.69, 9.17) is 5.73 Å². The van der Waals surface area contributed by atoms with Crippen LogP contribution in [0.5, 0.6) is 0 Å². The fourth-order valence-corrected chi connectivity index (χ4v) is 2.10. The minimum atomic E-state index is -0.542. The van der Waals surface area contributed by atoms with Gasteiger partial charge in [0.1, 0.15) is 6.04 Å². The summed E-state index contributed by atoms with van der Waals surface area (Å²) < 4.78 is 0. The van der Waals surface area contributed by atoms with E-state index in [9.17, 15) is 14.4 Å². The lowest BCUT2D eigenvalue weighted by Crippen LogP contribution is -2.52. The molecule has 0 aliphatic carbocycles. The number of carbonyl (C=O) groups is 3. The van der Waals surface area contributed by atoms with Gasteiger partial charge >= 0.3 is 0 Å². The summed E-state index contributed by atoms with van der Waals surface area (Å²) in [7, 11) is 1.45. The van der Waals surface area contributed by atoms with E-state index < -0.39 is 6.04 Å². The molecule has 3 amide bonds. The molecule has 1 unspecified atom stereocenters. The number of carbonyl (C=O) groups excluding carboxylic acids is 3. The van der Waals surface area contributed by atoms with Crippen LogP contribution in [0.3, 0.4) is 0 Å². The van der Waals surface area contributed by atoms with E-state index in [0.29, 0.717) is 25.8 Å². The van der Waals surface area contributed by atoms with Crippen LogP contribution >= 0.6 is 0 Å². The number of nitrogens with zero attached hydrogens (tertiary/aromatic N) is 1. The molecule has 0 saturated carbocycles. The van der Waals surface area contributed by atoms with Gasteiger partial charge in [-0.15, -0.1) is 0 Å². The number of nitrogens with one attached hydrogen (secondary N) is 1. The number of likely N-dealkylation sites (N-methyl/N-ethyl adjacent to an activating group) is 1. The van der Waals surface area contributed by atoms with Crippen LogP contribution in [-0.2, 0) is 14.4 Å². The van der Waals surface area contributed by atoms with Gasteiger partial charge in [0.25, 0.3) is 5.91 Å². The van der Waals surface area contributed by atoms with Crippen molar-refractivity contribution in [2.24, 2.45) is 5.73 Å². The van der Waals surface area contributed by atoms with Gasteiger partial charge in [-0.3, -0.25) is 19.3 Å². The molecule has 0 aromatic carbocycles. The molecule has 1 fully saturated rings. The molecule has 1 saturated heterocycles. The van der Waals surface area contributed by atoms with Gasteiger partial charge in [0.15, 0.2) is 0 Å². The zero-order valence-electron chi connectivity index (χ0n) is 11.5. The van der Waals surface area contributed by atoms with Gasteiger partial charge in [-0.25, -0.2) is 0 Å². The summed E-state index contributed by atoms with van der Waals surface area (Å²) in [4.78, 5) is 35.8. The lowest BCUT2D eigenvalue weighted by molar-refractivity contribution is -0.149. The van der Waals surface area contributed by atoms with Crippen LogP contribution < -0.4 is 11.1 Å². The molecule has 3 N–H and O–H groups in total. The smallest absolute Gasteiger partial charge is 0.251 e. The number of hydrogen-bond acceptors (Lipinski definition) is 4. The first-order valence-corrected chi connectivity index (χ1v) is 6.86. The lowest BCUT2D eigenvalue weighted by atomic mass is 10.0. The first kappa shape index (κ1) is 15.6. The third-order valence-electron chi connectivity index (χ3n) is 3.34. The number of likely N-dealkylation sites (tertiary alicyclic amines) is 1. The van der Waals surface area contributed by atoms with E-state index in [0.717, 1.165) is 30.6 Å². The number of hydrogen-bond donors (Lipinski definition) is 2. The molecule has 108 valence electrons. The molecule has 19 heavy (non-hydrogen) atoms. The van der Waals surface area contributed by atoms with Crippen molar-refractivity contribution in [1.29, 1.82) is 0 Å². The molecule has 0 bridgehead atoms. The molecule has 6 nitrogen and oxygen atoms in total. The van der Waals surface area contributed by atoms with Gasteiger partial charge in [-0.2, -0.15) is 0 Å². The molecule has 1 aliphatic heterocycles. The SMILES string of the molecule is CN1C(=O)CCC(NC(=O)CCCCCCN)C1=O. The van der Waals surface area contributed by atoms with Crippen LogP contribution in [0.1, 0.15) is 44.9 Å². The predicted molar refractivity (Wildman–Crippen MR) is 71.1 cm³/mol. The maximum absolute atomic E-state index is 11.8. The van der Waals surface area contributed by atoms with E-state index in [1.165, 1.54) is 7.05 Å². The summed E-state index contributed by atoms with van der Waals surface area (Å²) in [5, 5.41) is 2.70. The summed E-state index contributed by atoms with van der Waals surface area (Å²) in [6.07, 6.45) is 4.93. The highest BCUT2D eigenvalue weighted by molar-refractivity contribution is 6.01. The average Bonchev–Trinajstić information content (AvgIpc) is 2.39. The Hall–Kier alpha value is -1.43. The van der Waals surface area contributed by atoms with E-state index in [1.54, 1.807) is 0 Å². The Bertz CT molecular complexity index is 344. The maximum Gasteiger partial charge on any atom is 0.251 e. The average molecular weight is 269 g/mol. The Morgan fingerprint density at radius 3 is 2.68 bits per heavy atom. The largest absolute Gasteiger partial charge is 0.344 e. The molecule has 1 atom stereocenters. The van der Waals surface area contributed by atoms with Crippen molar-refractivity contribution in [1.82, 2.24) is 10.2 Å². The summed E-state index contributed by atoms with van der Waals surface area (Å²) in [5.41, 5.74) is 5.38. The number of piperidine rings is 1. The van der Waals surface area contributed by atoms with Crippen molar-refractivity contribution in [2.45, 2.75) is 51.0 Å². The lowest BCUT2D eigenvalue weighted by Gasteiger charge is -2.28. The molecule has 0 spiro atoms. The second kappa shape index (κ2) is 7.89. The number of imide groups is 1. The van der Waals surface area contributed by atoms with Crippen LogP contribution in [0.4, 0.5) is 0 Å². The van der Waals surface area contributed by atoms with Gasteiger partial charge in [0.05, 0.1) is 0 Å². The monoisotopic (exact) mass is 269 g/mol. The quantitative estimate of drug-likeness (QED) is 0.508. The zero-order chi connectivity index (χ0) is 14.3. The molecular formula is C13H23N3O3. The van der Waals surface area contributed by atoms with E-state index in [1.807, 2.05) is 0 Å². The fraction of sp³-hybridized carbons (Fsp3) is 0.769. The molecule has 1 rings (SSSR count). The standard InChI is InChI=1S/C13H23N3O3/c1-16-12(18)8-7-10(13(16)19)15-11(17)6-4-2-3-5-9-14/h10H,2-9,14H2,1H3,(H,15,17). The Kier molecular flexibility index (Phi) is 6.49. The third-order valence-corrected chi connectivity index (χ3v) is 3.34. The Morgan fingerprint density at radius 1 is 1.32 bits per heavy atom. The first-order valence-electron chi connectivity index (χ1n) is 6.86. The van der Waals surface area contributed by atoms with Crippen LogP contribution in [0, 0.1) is 0 Å². The highest BCUT2D eigenvalue weighted by Gasteiger charge is 2.32. The highest BCUT2D eigenvalue weighted by atomic mass is 16.2. The summed E-state index contributed by atoms with van der Waals surface area (Å²) >= 11 is 0. The number of amides is 3. The van der Waals surface area contributed by atoms with Gasteiger partial charge in [0, 0.05) is 19.9 Å². The highest BCUT2D eigenvalue weighted by Crippen LogP contribution is 2.12. The van der Waals surface area contributed by atoms with Gasteiger partial charge in [-0.05, 0) is 25.8 Å². The van der Waals surface area contributed by atoms with Crippen molar-refractivity contribution < 1.29 is 14.4 Å². The van der Waals surface area contributed by atoms with Crippen molar-refractivity contribution in [2.75, 3.05) is 13.6 Å². The van der Waals surface area contributed by atoms with Crippen molar-refractivity contribution >= 4 is 17.7 Å². The van der Waals surface area contributed by atoms with Crippen LogP contribution in [-0.4, -0.2) is 42.3 Å². The van der Waals surface area contributed by atoms with E-state index in [2.05, 4.69) is 5.32 Å². The van der Waals surface area contributed by atoms with Crippen molar-refractivity contribution in [3.05, 3.63) is 0 Å². The maximum atomic E-state index is 11.8. The summed E-state index contributed by atoms with van der Waals surface area (Å²) in [5.74, 6) is -0.612. The topological polar surface area (TPSA) is 92.5 Å². The zero-order valence-corrected chi connectivity index (χ0v) is 11.5. The molecule has 0 radical (unpaired) electrons. The minimum Gasteiger partial charge on any atom is -0.344 e. The fourth-order valence-electron chi connectivity index (χ4n) is 2.10. The number of rotatable bonds is 7. The molecule has 0 aromatic rings. The minimum absolute atomic E-state index is 0.117. The number of nitrogens with two attached hydrogens (primary N) is 1. The van der Waals surface area contributed by atoms with Crippen molar-refractivity contribution in [3.8, 4) is 0 Å². The molecule has 1 heterocycles. The first-order chi connectivity index (χ1) is 9.06. The molecule has 1 aliphatic rings. The van der Waals surface area contributed by atoms with Gasteiger partial charge in [0.2, 0.25) is 11.8 Å². The molecular weight excluding hydrogens is 246 g/mol. The third kappa shape index (κ3) is 4.98. The second-order valence-electron chi connectivity index (χ2n) is 4.90. The van der Waals surface area contributed by atoms with Crippen LogP contribution in [0.15, 0.2) is 0 Å². The Balaban J connectivity index is 2.25. The Morgan fingerprint density at radius 2 is 2.00 bits per heavy atom. The second-order valence-corrected chi connectivity index (χ2v) is 4.90. The van der Waals surface area contributed by atoms with E-state index >= 15 is 0 Å². The predicted octanol–water partition coefficient (Wildman–Crippen LogP) is 0.159.